The number of methoxy groups -OCH3 is 1. The van der Waals surface area contributed by atoms with Crippen LogP contribution in [-0.2, 0) is 4.74 Å². The van der Waals surface area contributed by atoms with Gasteiger partial charge in [-0.3, -0.25) is 4.90 Å². The zero-order chi connectivity index (χ0) is 9.80. The first-order valence-corrected chi connectivity index (χ1v) is 5.57. The summed E-state index contributed by atoms with van der Waals surface area (Å²) in [6.45, 7) is 6.86. The van der Waals surface area contributed by atoms with Crippen molar-refractivity contribution < 1.29 is 4.74 Å². The number of ether oxygens (including phenoxy) is 1. The standard InChI is InChI=1S/C10H21N3O/c1-14-10-6-9(12-7-10)8-13-4-2-11-3-5-13/h9-12H,2-8H2,1H3/t9-,10-/m0/s1. The zero-order valence-corrected chi connectivity index (χ0v) is 8.96. The first-order chi connectivity index (χ1) is 6.88. The van der Waals surface area contributed by atoms with Gasteiger partial charge < -0.3 is 15.4 Å². The summed E-state index contributed by atoms with van der Waals surface area (Å²) in [7, 11) is 1.81. The first kappa shape index (κ1) is 10.4. The molecule has 0 aliphatic carbocycles. The fourth-order valence-corrected chi connectivity index (χ4v) is 2.31. The summed E-state index contributed by atoms with van der Waals surface area (Å²) in [5.41, 5.74) is 0. The molecule has 0 unspecified atom stereocenters. The average Bonchev–Trinajstić information content (AvgIpc) is 2.67. The summed E-state index contributed by atoms with van der Waals surface area (Å²) in [5, 5.41) is 6.89. The molecule has 2 saturated heterocycles. The predicted molar refractivity (Wildman–Crippen MR) is 56.5 cm³/mol. The van der Waals surface area contributed by atoms with Crippen LogP contribution in [0, 0.1) is 0 Å². The third-order valence-electron chi connectivity index (χ3n) is 3.20. The van der Waals surface area contributed by atoms with Gasteiger partial charge in [0.25, 0.3) is 0 Å². The molecule has 2 aliphatic heterocycles. The Bertz CT molecular complexity index is 171. The highest BCUT2D eigenvalue weighted by Gasteiger charge is 2.25. The van der Waals surface area contributed by atoms with E-state index in [4.69, 9.17) is 4.74 Å². The van der Waals surface area contributed by atoms with E-state index in [2.05, 4.69) is 15.5 Å². The van der Waals surface area contributed by atoms with Crippen LogP contribution in [0.15, 0.2) is 0 Å². The van der Waals surface area contributed by atoms with Crippen LogP contribution < -0.4 is 10.6 Å². The van der Waals surface area contributed by atoms with Crippen molar-refractivity contribution in [2.24, 2.45) is 0 Å². The third kappa shape index (κ3) is 2.67. The second-order valence-corrected chi connectivity index (χ2v) is 4.25. The molecule has 0 spiro atoms. The average molecular weight is 199 g/mol. The van der Waals surface area contributed by atoms with Gasteiger partial charge >= 0.3 is 0 Å². The van der Waals surface area contributed by atoms with E-state index in [-0.39, 0.29) is 0 Å². The molecule has 4 heteroatoms. The Morgan fingerprint density at radius 2 is 2.14 bits per heavy atom. The van der Waals surface area contributed by atoms with E-state index in [0.29, 0.717) is 12.1 Å². The predicted octanol–water partition coefficient (Wildman–Crippen LogP) is -0.731. The van der Waals surface area contributed by atoms with E-state index in [0.717, 1.165) is 19.6 Å². The minimum Gasteiger partial charge on any atom is -0.380 e. The maximum atomic E-state index is 5.34. The highest BCUT2D eigenvalue weighted by Crippen LogP contribution is 2.10. The Kier molecular flexibility index (Phi) is 3.75. The maximum Gasteiger partial charge on any atom is 0.0711 e. The van der Waals surface area contributed by atoms with Crippen LogP contribution in [0.5, 0.6) is 0 Å². The molecule has 0 radical (unpaired) electrons. The quantitative estimate of drug-likeness (QED) is 0.628. The highest BCUT2D eigenvalue weighted by molar-refractivity contribution is 4.85. The van der Waals surface area contributed by atoms with Crippen molar-refractivity contribution in [2.75, 3.05) is 46.4 Å². The van der Waals surface area contributed by atoms with Crippen molar-refractivity contribution in [1.82, 2.24) is 15.5 Å². The van der Waals surface area contributed by atoms with Crippen LogP contribution in [0.2, 0.25) is 0 Å². The second-order valence-electron chi connectivity index (χ2n) is 4.25. The Labute approximate surface area is 86.0 Å². The van der Waals surface area contributed by atoms with Crippen LogP contribution in [0.3, 0.4) is 0 Å². The number of hydrogen-bond donors (Lipinski definition) is 2. The first-order valence-electron chi connectivity index (χ1n) is 5.57. The molecule has 0 saturated carbocycles. The summed E-state index contributed by atoms with van der Waals surface area (Å²) >= 11 is 0. The summed E-state index contributed by atoms with van der Waals surface area (Å²) in [4.78, 5) is 2.53. The maximum absolute atomic E-state index is 5.34. The van der Waals surface area contributed by atoms with Crippen molar-refractivity contribution in [1.29, 1.82) is 0 Å². The highest BCUT2D eigenvalue weighted by atomic mass is 16.5. The molecule has 14 heavy (non-hydrogen) atoms. The van der Waals surface area contributed by atoms with Crippen LogP contribution in [0.4, 0.5) is 0 Å². The fourth-order valence-electron chi connectivity index (χ4n) is 2.31. The van der Waals surface area contributed by atoms with Gasteiger partial charge in [-0.1, -0.05) is 0 Å². The van der Waals surface area contributed by atoms with Gasteiger partial charge in [-0.15, -0.1) is 0 Å². The molecule has 2 rings (SSSR count). The molecule has 2 N–H and O–H groups in total. The Hall–Kier alpha value is -0.160. The molecule has 0 aromatic heterocycles. The van der Waals surface area contributed by atoms with E-state index < -0.39 is 0 Å². The molecule has 2 atom stereocenters. The van der Waals surface area contributed by atoms with Crippen molar-refractivity contribution in [3.8, 4) is 0 Å². The summed E-state index contributed by atoms with van der Waals surface area (Å²) in [6, 6.07) is 0.637. The Balaban J connectivity index is 1.69. The monoisotopic (exact) mass is 199 g/mol. The van der Waals surface area contributed by atoms with E-state index >= 15 is 0 Å². The third-order valence-corrected chi connectivity index (χ3v) is 3.20. The molecule has 0 aromatic carbocycles. The van der Waals surface area contributed by atoms with Gasteiger partial charge in [-0.2, -0.15) is 0 Å². The molecule has 2 aliphatic rings. The molecule has 0 amide bonds. The molecular weight excluding hydrogens is 178 g/mol. The number of rotatable bonds is 3. The zero-order valence-electron chi connectivity index (χ0n) is 8.96. The number of piperazine rings is 1. The molecule has 4 nitrogen and oxygen atoms in total. The van der Waals surface area contributed by atoms with Crippen molar-refractivity contribution in [2.45, 2.75) is 18.6 Å². The lowest BCUT2D eigenvalue weighted by molar-refractivity contribution is 0.115. The molecule has 2 fully saturated rings. The Morgan fingerprint density at radius 3 is 2.79 bits per heavy atom. The van der Waals surface area contributed by atoms with E-state index in [1.54, 1.807) is 7.11 Å². The second kappa shape index (κ2) is 5.07. The van der Waals surface area contributed by atoms with E-state index in [1.165, 1.54) is 26.1 Å². The smallest absolute Gasteiger partial charge is 0.0711 e. The van der Waals surface area contributed by atoms with Gasteiger partial charge in [0.2, 0.25) is 0 Å². The van der Waals surface area contributed by atoms with Gasteiger partial charge in [-0.25, -0.2) is 0 Å². The van der Waals surface area contributed by atoms with E-state index in [9.17, 15) is 0 Å². The largest absolute Gasteiger partial charge is 0.380 e. The van der Waals surface area contributed by atoms with Crippen LogP contribution in [0.25, 0.3) is 0 Å². The minimum atomic E-state index is 0.433. The van der Waals surface area contributed by atoms with E-state index in [1.807, 2.05) is 0 Å². The van der Waals surface area contributed by atoms with Crippen LogP contribution in [-0.4, -0.2) is 63.4 Å². The van der Waals surface area contributed by atoms with Crippen LogP contribution in [0.1, 0.15) is 6.42 Å². The van der Waals surface area contributed by atoms with Crippen molar-refractivity contribution >= 4 is 0 Å². The number of nitrogens with one attached hydrogen (secondary N) is 2. The topological polar surface area (TPSA) is 36.5 Å². The lowest BCUT2D eigenvalue weighted by Gasteiger charge is -2.29. The number of nitrogens with zero attached hydrogens (tertiary/aromatic N) is 1. The van der Waals surface area contributed by atoms with Crippen LogP contribution >= 0.6 is 0 Å². The van der Waals surface area contributed by atoms with Gasteiger partial charge in [0, 0.05) is 52.4 Å². The lowest BCUT2D eigenvalue weighted by Crippen LogP contribution is -2.47. The summed E-state index contributed by atoms with van der Waals surface area (Å²) < 4.78 is 5.34. The molecule has 82 valence electrons. The Morgan fingerprint density at radius 1 is 1.36 bits per heavy atom. The van der Waals surface area contributed by atoms with Gasteiger partial charge in [0.15, 0.2) is 0 Å². The van der Waals surface area contributed by atoms with Gasteiger partial charge in [0.1, 0.15) is 0 Å². The lowest BCUT2D eigenvalue weighted by atomic mass is 10.2. The molecule has 0 aromatic rings. The fraction of sp³-hybridized carbons (Fsp3) is 1.00. The number of hydrogen-bond acceptors (Lipinski definition) is 4. The van der Waals surface area contributed by atoms with Gasteiger partial charge in [0.05, 0.1) is 6.10 Å². The SMILES string of the molecule is CO[C@@H]1CN[C@H](CN2CCNCC2)C1. The molecule has 2 heterocycles. The normalized spacial score (nSPS) is 34.9. The van der Waals surface area contributed by atoms with Crippen molar-refractivity contribution in [3.05, 3.63) is 0 Å². The molecule has 0 bridgehead atoms. The summed E-state index contributed by atoms with van der Waals surface area (Å²) in [5.74, 6) is 0. The molecular formula is C10H21N3O. The minimum absolute atomic E-state index is 0.433. The van der Waals surface area contributed by atoms with Gasteiger partial charge in [-0.05, 0) is 6.42 Å². The summed E-state index contributed by atoms with van der Waals surface area (Å²) in [6.07, 6.45) is 1.60. The van der Waals surface area contributed by atoms with Crippen molar-refractivity contribution in [3.63, 3.8) is 0 Å².